The molecule has 0 atom stereocenters. The number of rotatable bonds is 3. The van der Waals surface area contributed by atoms with E-state index in [-0.39, 0.29) is 17.3 Å². The van der Waals surface area contributed by atoms with Crippen molar-refractivity contribution in [2.75, 3.05) is 11.1 Å². The number of halogens is 3. The molecule has 188 valence electrons. The molecule has 2 aromatic heterocycles. The molecule has 0 saturated carbocycles. The van der Waals surface area contributed by atoms with Crippen LogP contribution in [0.5, 0.6) is 0 Å². The standard InChI is InChI=1S/C12H8ClN3O2.C7H4Cl2O.C5H5N3O/c1-7-10(6-14)12(18-16-7)15-11(17)8-3-2-4-9(13)5-8;8-6-3-1-2-5(4-6)7(9)10;1-3-4(2-6)5(7)9-8-3/h2-5H,1H3,(H,15,17);1-4H;7H2,1H3. The average molecular weight is 560 g/mol. The van der Waals surface area contributed by atoms with E-state index in [9.17, 15) is 9.59 Å². The van der Waals surface area contributed by atoms with E-state index < -0.39 is 11.1 Å². The van der Waals surface area contributed by atoms with Gasteiger partial charge < -0.3 is 14.8 Å². The van der Waals surface area contributed by atoms with Crippen LogP contribution in [0.3, 0.4) is 0 Å². The fourth-order valence-corrected chi connectivity index (χ4v) is 3.02. The topological polar surface area (TPSA) is 172 Å². The number of benzene rings is 2. The second kappa shape index (κ2) is 13.7. The molecule has 2 heterocycles. The van der Waals surface area contributed by atoms with Crippen LogP contribution in [0.1, 0.15) is 43.2 Å². The first kappa shape index (κ1) is 28.9. The summed E-state index contributed by atoms with van der Waals surface area (Å²) in [5.74, 6) is -0.278. The highest BCUT2D eigenvalue weighted by Crippen LogP contribution is 2.19. The van der Waals surface area contributed by atoms with Crippen molar-refractivity contribution >= 4 is 57.7 Å². The minimum absolute atomic E-state index is 0.0416. The van der Waals surface area contributed by atoms with Crippen LogP contribution in [0.15, 0.2) is 57.6 Å². The predicted octanol–water partition coefficient (Wildman–Crippen LogP) is 5.92. The molecule has 4 aromatic rings. The number of nitriles is 2. The molecular formula is C24H17Cl3N6O4. The number of carbonyl (C=O) groups excluding carboxylic acids is 2. The number of hydrogen-bond donors (Lipinski definition) is 2. The van der Waals surface area contributed by atoms with Crippen LogP contribution in [-0.4, -0.2) is 21.5 Å². The average Bonchev–Trinajstić information content (AvgIpc) is 3.39. The van der Waals surface area contributed by atoms with Crippen molar-refractivity contribution in [2.24, 2.45) is 0 Å². The Morgan fingerprint density at radius 3 is 1.84 bits per heavy atom. The Kier molecular flexibility index (Phi) is 10.7. The lowest BCUT2D eigenvalue weighted by Crippen LogP contribution is -2.12. The first-order valence-electron chi connectivity index (χ1n) is 10.1. The van der Waals surface area contributed by atoms with Crippen LogP contribution >= 0.6 is 34.8 Å². The van der Waals surface area contributed by atoms with Crippen molar-refractivity contribution in [3.05, 3.63) is 92.2 Å². The lowest BCUT2D eigenvalue weighted by Gasteiger charge is -2.01. The monoisotopic (exact) mass is 558 g/mol. The second-order valence-corrected chi connectivity index (χ2v) is 8.17. The van der Waals surface area contributed by atoms with Crippen LogP contribution in [0.4, 0.5) is 11.8 Å². The quantitative estimate of drug-likeness (QED) is 0.289. The summed E-state index contributed by atoms with van der Waals surface area (Å²) in [4.78, 5) is 22.4. The third-order valence-electron chi connectivity index (χ3n) is 4.34. The van der Waals surface area contributed by atoms with Crippen LogP contribution in [0.2, 0.25) is 10.0 Å². The van der Waals surface area contributed by atoms with E-state index in [0.717, 1.165) is 0 Å². The third-order valence-corrected chi connectivity index (χ3v) is 5.03. The molecule has 1 amide bonds. The number of hydrogen-bond acceptors (Lipinski definition) is 9. The number of anilines is 2. The molecule has 4 rings (SSSR count). The summed E-state index contributed by atoms with van der Waals surface area (Å²) in [6.45, 7) is 3.29. The zero-order valence-electron chi connectivity index (χ0n) is 19.3. The van der Waals surface area contributed by atoms with Gasteiger partial charge in [-0.3, -0.25) is 14.9 Å². The molecule has 37 heavy (non-hydrogen) atoms. The van der Waals surface area contributed by atoms with Crippen molar-refractivity contribution < 1.29 is 18.6 Å². The van der Waals surface area contributed by atoms with Gasteiger partial charge in [-0.15, -0.1) is 0 Å². The molecular weight excluding hydrogens is 543 g/mol. The lowest BCUT2D eigenvalue weighted by molar-refractivity contribution is 0.102. The molecule has 10 nitrogen and oxygen atoms in total. The zero-order valence-corrected chi connectivity index (χ0v) is 21.5. The highest BCUT2D eigenvalue weighted by atomic mass is 35.5. The van der Waals surface area contributed by atoms with Gasteiger partial charge in [0.05, 0.1) is 0 Å². The second-order valence-electron chi connectivity index (χ2n) is 6.95. The summed E-state index contributed by atoms with van der Waals surface area (Å²) >= 11 is 16.5. The van der Waals surface area contributed by atoms with Crippen LogP contribution in [-0.2, 0) is 0 Å². The van der Waals surface area contributed by atoms with E-state index in [1.807, 2.05) is 12.1 Å². The third kappa shape index (κ3) is 8.37. The van der Waals surface area contributed by atoms with E-state index in [1.165, 1.54) is 12.1 Å². The van der Waals surface area contributed by atoms with E-state index in [1.54, 1.807) is 50.2 Å². The summed E-state index contributed by atoms with van der Waals surface area (Å²) in [6.07, 6.45) is 0. The minimum atomic E-state index is -0.484. The molecule has 0 spiro atoms. The Balaban J connectivity index is 0.000000214. The number of aromatic nitrogens is 2. The van der Waals surface area contributed by atoms with Gasteiger partial charge in [-0.2, -0.15) is 10.5 Å². The molecule has 3 N–H and O–H groups in total. The molecule has 2 aromatic carbocycles. The van der Waals surface area contributed by atoms with Crippen molar-refractivity contribution in [2.45, 2.75) is 13.8 Å². The molecule has 0 aliphatic heterocycles. The molecule has 0 aliphatic rings. The van der Waals surface area contributed by atoms with Crippen LogP contribution in [0, 0.1) is 36.5 Å². The van der Waals surface area contributed by atoms with Gasteiger partial charge in [0.25, 0.3) is 11.1 Å². The summed E-state index contributed by atoms with van der Waals surface area (Å²) in [5, 5.41) is 27.3. The Hall–Kier alpha value is -4.35. The molecule has 0 aliphatic carbocycles. The fourth-order valence-electron chi connectivity index (χ4n) is 2.53. The van der Waals surface area contributed by atoms with Gasteiger partial charge in [0, 0.05) is 21.2 Å². The summed E-state index contributed by atoms with van der Waals surface area (Å²) in [7, 11) is 0. The molecule has 0 fully saturated rings. The smallest absolute Gasteiger partial charge is 0.258 e. The normalized spacial score (nSPS) is 9.49. The Bertz CT molecular complexity index is 1480. The molecule has 0 bridgehead atoms. The molecule has 13 heteroatoms. The number of nitrogens with one attached hydrogen (secondary N) is 1. The maximum Gasteiger partial charge on any atom is 0.258 e. The minimum Gasteiger partial charge on any atom is -0.366 e. The van der Waals surface area contributed by atoms with Gasteiger partial charge in [-0.1, -0.05) is 45.6 Å². The highest BCUT2D eigenvalue weighted by molar-refractivity contribution is 6.67. The van der Waals surface area contributed by atoms with Crippen LogP contribution in [0.25, 0.3) is 0 Å². The number of carbonyl (C=O) groups is 2. The molecule has 0 unspecified atom stereocenters. The van der Waals surface area contributed by atoms with Crippen molar-refractivity contribution in [1.82, 2.24) is 10.3 Å². The van der Waals surface area contributed by atoms with Gasteiger partial charge in [0.1, 0.15) is 34.7 Å². The highest BCUT2D eigenvalue weighted by Gasteiger charge is 2.16. The van der Waals surface area contributed by atoms with Gasteiger partial charge in [-0.05, 0) is 61.8 Å². The maximum atomic E-state index is 11.9. The lowest BCUT2D eigenvalue weighted by atomic mass is 10.2. The fraction of sp³-hybridized carbons (Fsp3) is 0.0833. The maximum absolute atomic E-state index is 11.9. The Labute approximate surface area is 226 Å². The van der Waals surface area contributed by atoms with Gasteiger partial charge >= 0.3 is 0 Å². The summed E-state index contributed by atoms with van der Waals surface area (Å²) in [6, 6.07) is 16.7. The number of aryl methyl sites for hydroxylation is 2. The number of amides is 1. The first-order valence-corrected chi connectivity index (χ1v) is 11.2. The molecule has 0 radical (unpaired) electrons. The van der Waals surface area contributed by atoms with E-state index in [2.05, 4.69) is 20.2 Å². The van der Waals surface area contributed by atoms with Gasteiger partial charge in [-0.25, -0.2) is 0 Å². The van der Waals surface area contributed by atoms with Crippen molar-refractivity contribution in [3.63, 3.8) is 0 Å². The van der Waals surface area contributed by atoms with Crippen molar-refractivity contribution in [3.8, 4) is 12.1 Å². The van der Waals surface area contributed by atoms with Crippen molar-refractivity contribution in [1.29, 1.82) is 10.5 Å². The van der Waals surface area contributed by atoms with Gasteiger partial charge in [0.15, 0.2) is 0 Å². The van der Waals surface area contributed by atoms with E-state index >= 15 is 0 Å². The van der Waals surface area contributed by atoms with Gasteiger partial charge in [0.2, 0.25) is 11.8 Å². The van der Waals surface area contributed by atoms with Crippen LogP contribution < -0.4 is 11.1 Å². The largest absolute Gasteiger partial charge is 0.366 e. The predicted molar refractivity (Wildman–Crippen MR) is 137 cm³/mol. The summed E-state index contributed by atoms with van der Waals surface area (Å²) < 4.78 is 9.36. The molecule has 0 saturated heterocycles. The Morgan fingerprint density at radius 1 is 0.892 bits per heavy atom. The van der Waals surface area contributed by atoms with E-state index in [4.69, 9.17) is 55.6 Å². The first-order chi connectivity index (χ1) is 17.6. The van der Waals surface area contributed by atoms with E-state index in [0.29, 0.717) is 38.1 Å². The summed E-state index contributed by atoms with van der Waals surface area (Å²) in [5.41, 5.74) is 7.51. The Morgan fingerprint density at radius 2 is 1.41 bits per heavy atom. The zero-order chi connectivity index (χ0) is 27.5. The number of nitrogen functional groups attached to an aromatic ring is 1. The SMILES string of the molecule is Cc1noc(N)c1C#N.Cc1noc(NC(=O)c2cccc(Cl)c2)c1C#N.O=C(Cl)c1cccc(Cl)c1. The number of nitrogens with two attached hydrogens (primary N) is 1. The number of nitrogens with zero attached hydrogens (tertiary/aromatic N) is 4.